The van der Waals surface area contributed by atoms with Crippen LogP contribution in [0.15, 0.2) is 60.7 Å². The summed E-state index contributed by atoms with van der Waals surface area (Å²) >= 11 is 0. The first-order valence-corrected chi connectivity index (χ1v) is 10.6. The van der Waals surface area contributed by atoms with Crippen molar-refractivity contribution in [1.29, 1.82) is 0 Å². The Bertz CT molecular complexity index is 1640. The van der Waals surface area contributed by atoms with Gasteiger partial charge in [0.1, 0.15) is 0 Å². The number of hydrogen-bond donors (Lipinski definition) is 0. The molecule has 0 bridgehead atoms. The first-order chi connectivity index (χ1) is 14.9. The van der Waals surface area contributed by atoms with Crippen molar-refractivity contribution in [3.05, 3.63) is 87.9 Å². The third-order valence-electron chi connectivity index (χ3n) is 7.19. The van der Waals surface area contributed by atoms with Crippen molar-refractivity contribution in [2.24, 2.45) is 0 Å². The molecule has 0 spiro atoms. The fourth-order valence-corrected chi connectivity index (χ4v) is 5.37. The maximum absolute atomic E-state index is 13.1. The minimum absolute atomic E-state index is 0.0877. The zero-order valence-electron chi connectivity index (χ0n) is 17.8. The molecular formula is C29H21NO. The van der Waals surface area contributed by atoms with Crippen molar-refractivity contribution >= 4 is 28.3 Å². The fourth-order valence-electron chi connectivity index (χ4n) is 5.37. The van der Waals surface area contributed by atoms with Crippen LogP contribution in [0.2, 0.25) is 0 Å². The molecule has 0 amide bonds. The van der Waals surface area contributed by atoms with Crippen LogP contribution in [0.3, 0.4) is 0 Å². The van der Waals surface area contributed by atoms with Gasteiger partial charge >= 0.3 is 0 Å². The van der Waals surface area contributed by atoms with Crippen LogP contribution < -0.4 is 10.6 Å². The Balaban J connectivity index is 1.88. The summed E-state index contributed by atoms with van der Waals surface area (Å²) in [4.78, 5) is 13.1. The topological polar surface area (TPSA) is 22.0 Å². The van der Waals surface area contributed by atoms with E-state index in [1.54, 1.807) is 0 Å². The zero-order valence-corrected chi connectivity index (χ0v) is 17.8. The number of rotatable bonds is 0. The van der Waals surface area contributed by atoms with Crippen LogP contribution in [0.25, 0.3) is 39.4 Å². The highest BCUT2D eigenvalue weighted by atomic mass is 16.1. The summed E-state index contributed by atoms with van der Waals surface area (Å²) in [5.74, 6) is 2.83. The molecule has 2 aliphatic rings. The Hall–Kier alpha value is -3.83. The van der Waals surface area contributed by atoms with E-state index in [0.29, 0.717) is 0 Å². The van der Waals surface area contributed by atoms with Crippen LogP contribution in [0.5, 0.6) is 0 Å². The molecular weight excluding hydrogens is 378 g/mol. The quantitative estimate of drug-likeness (QED) is 0.346. The molecule has 4 aromatic rings. The number of carbonyl (C=O) groups excluding carboxylic acids is 1. The van der Waals surface area contributed by atoms with Crippen molar-refractivity contribution in [3.8, 4) is 29.2 Å². The van der Waals surface area contributed by atoms with Crippen molar-refractivity contribution < 1.29 is 4.79 Å². The molecule has 1 aliphatic carbocycles. The molecule has 2 heterocycles. The maximum atomic E-state index is 13.1. The smallest absolute Gasteiger partial charge is 0.194 e. The second kappa shape index (κ2) is 5.86. The number of carbonyl (C=O) groups is 1. The van der Waals surface area contributed by atoms with Gasteiger partial charge < -0.3 is 4.57 Å². The van der Waals surface area contributed by atoms with Crippen LogP contribution >= 0.6 is 0 Å². The van der Waals surface area contributed by atoms with E-state index >= 15 is 0 Å². The summed E-state index contributed by atoms with van der Waals surface area (Å²) in [5, 5.41) is 3.19. The van der Waals surface area contributed by atoms with Crippen molar-refractivity contribution in [1.82, 2.24) is 4.57 Å². The number of hydrogen-bond acceptors (Lipinski definition) is 1. The minimum atomic E-state index is -0.122. The van der Waals surface area contributed by atoms with Crippen molar-refractivity contribution in [2.45, 2.75) is 26.2 Å². The van der Waals surface area contributed by atoms with Gasteiger partial charge in [-0.2, -0.15) is 0 Å². The fraction of sp³-hybridized carbons (Fsp3) is 0.138. The van der Waals surface area contributed by atoms with Gasteiger partial charge in [-0.3, -0.25) is 4.79 Å². The van der Waals surface area contributed by atoms with Gasteiger partial charge in [-0.1, -0.05) is 62.2 Å². The summed E-state index contributed by atoms with van der Waals surface area (Å²) in [5.41, 5.74) is 8.24. The number of nitrogens with zero attached hydrogens (tertiary/aromatic N) is 1. The van der Waals surface area contributed by atoms with Crippen LogP contribution in [0.1, 0.15) is 42.3 Å². The number of fused-ring (bicyclic) bond motifs is 8. The standard InChI is InChI=1S/C29H21NO/c1-5-10-19-22-15-23-21(18-11-6-7-12-20(18)28(23)31)16-26(22)30-25-14-9-8-13-24(25)29(3,4)17(2)27(19)30/h1,6-16H,2-4H3. The Kier molecular flexibility index (Phi) is 3.40. The van der Waals surface area contributed by atoms with Gasteiger partial charge in [0.05, 0.1) is 16.6 Å². The average molecular weight is 399 g/mol. The lowest BCUT2D eigenvalue weighted by Gasteiger charge is -2.33. The van der Waals surface area contributed by atoms with E-state index in [-0.39, 0.29) is 11.2 Å². The molecule has 0 saturated heterocycles. The van der Waals surface area contributed by atoms with E-state index in [0.717, 1.165) is 43.7 Å². The summed E-state index contributed by atoms with van der Waals surface area (Å²) in [6.45, 7) is 6.73. The number of para-hydroxylation sites is 1. The van der Waals surface area contributed by atoms with E-state index in [9.17, 15) is 4.79 Å². The lowest BCUT2D eigenvalue weighted by atomic mass is 9.75. The highest BCUT2D eigenvalue weighted by Gasteiger charge is 2.34. The van der Waals surface area contributed by atoms with E-state index in [1.807, 2.05) is 36.4 Å². The zero-order chi connectivity index (χ0) is 21.5. The molecule has 1 aromatic heterocycles. The normalized spacial score (nSPS) is 16.0. The highest BCUT2D eigenvalue weighted by Crippen LogP contribution is 2.41. The molecule has 0 unspecified atom stereocenters. The Morgan fingerprint density at radius 1 is 0.935 bits per heavy atom. The lowest BCUT2D eigenvalue weighted by Crippen LogP contribution is -2.40. The second-order valence-electron chi connectivity index (χ2n) is 8.97. The van der Waals surface area contributed by atoms with Crippen LogP contribution in [0, 0.1) is 12.3 Å². The summed E-state index contributed by atoms with van der Waals surface area (Å²) in [6, 6.07) is 20.7. The van der Waals surface area contributed by atoms with Crippen molar-refractivity contribution in [3.63, 3.8) is 0 Å². The number of aromatic nitrogens is 1. The Labute approximate surface area is 181 Å². The molecule has 2 nitrogen and oxygen atoms in total. The number of terminal acetylenes is 1. The molecule has 0 N–H and O–H groups in total. The molecule has 0 fully saturated rings. The Morgan fingerprint density at radius 3 is 2.42 bits per heavy atom. The van der Waals surface area contributed by atoms with Gasteiger partial charge in [0.2, 0.25) is 0 Å². The predicted molar refractivity (Wildman–Crippen MR) is 127 cm³/mol. The molecule has 2 heteroatoms. The second-order valence-corrected chi connectivity index (χ2v) is 8.97. The molecule has 0 saturated carbocycles. The third-order valence-corrected chi connectivity index (χ3v) is 7.19. The molecule has 0 atom stereocenters. The lowest BCUT2D eigenvalue weighted by molar-refractivity contribution is 0.104. The van der Waals surface area contributed by atoms with E-state index in [1.165, 1.54) is 16.8 Å². The molecule has 1 aliphatic heterocycles. The molecule has 3 aromatic carbocycles. The largest absolute Gasteiger partial charge is 0.309 e. The first-order valence-electron chi connectivity index (χ1n) is 10.6. The van der Waals surface area contributed by atoms with E-state index in [2.05, 4.69) is 61.6 Å². The minimum Gasteiger partial charge on any atom is -0.309 e. The summed E-state index contributed by atoms with van der Waals surface area (Å²) < 4.78 is 2.33. The van der Waals surface area contributed by atoms with Gasteiger partial charge in [-0.05, 0) is 53.5 Å². The van der Waals surface area contributed by atoms with Gasteiger partial charge in [0.25, 0.3) is 0 Å². The number of benzene rings is 3. The Morgan fingerprint density at radius 2 is 1.65 bits per heavy atom. The molecule has 31 heavy (non-hydrogen) atoms. The maximum Gasteiger partial charge on any atom is 0.194 e. The third kappa shape index (κ3) is 2.11. The first kappa shape index (κ1) is 18.0. The monoisotopic (exact) mass is 399 g/mol. The van der Waals surface area contributed by atoms with Crippen LogP contribution in [0.4, 0.5) is 0 Å². The van der Waals surface area contributed by atoms with Crippen LogP contribution in [-0.2, 0) is 5.41 Å². The van der Waals surface area contributed by atoms with Gasteiger partial charge in [-0.25, -0.2) is 0 Å². The van der Waals surface area contributed by atoms with Gasteiger partial charge in [0.15, 0.2) is 5.78 Å². The summed E-state index contributed by atoms with van der Waals surface area (Å²) in [7, 11) is 0. The molecule has 0 radical (unpaired) electrons. The average Bonchev–Trinajstić information content (AvgIpc) is 3.24. The molecule has 6 rings (SSSR count). The SMILES string of the molecule is C#CC=c1c2n(c3cc4c(cc13)C(=O)c1ccccc1-4)-c1ccccc1C(C)(C)C=2C. The summed E-state index contributed by atoms with van der Waals surface area (Å²) in [6.07, 6.45) is 7.62. The van der Waals surface area contributed by atoms with Crippen molar-refractivity contribution in [2.75, 3.05) is 0 Å². The van der Waals surface area contributed by atoms with E-state index in [4.69, 9.17) is 6.42 Å². The highest BCUT2D eigenvalue weighted by molar-refractivity contribution is 6.23. The number of ketones is 1. The molecule has 148 valence electrons. The van der Waals surface area contributed by atoms with Crippen LogP contribution in [-0.4, -0.2) is 10.4 Å². The van der Waals surface area contributed by atoms with Gasteiger partial charge in [0, 0.05) is 27.1 Å². The van der Waals surface area contributed by atoms with E-state index < -0.39 is 0 Å². The van der Waals surface area contributed by atoms with Gasteiger partial charge in [-0.15, -0.1) is 6.42 Å². The predicted octanol–water partition coefficient (Wildman–Crippen LogP) is 4.72.